The Bertz CT molecular complexity index is 327. The van der Waals surface area contributed by atoms with Gasteiger partial charge in [-0.2, -0.15) is 0 Å². The second-order valence-corrected chi connectivity index (χ2v) is 3.78. The molecule has 0 heterocycles. The van der Waals surface area contributed by atoms with Gasteiger partial charge < -0.3 is 0 Å². The molecule has 0 aromatic heterocycles. The van der Waals surface area contributed by atoms with Gasteiger partial charge in [0.15, 0.2) is 11.9 Å². The highest BCUT2D eigenvalue weighted by molar-refractivity contribution is 5.95. The molecule has 0 spiro atoms. The van der Waals surface area contributed by atoms with Crippen LogP contribution in [-0.4, -0.2) is 17.3 Å². The van der Waals surface area contributed by atoms with Crippen molar-refractivity contribution in [2.24, 2.45) is 0 Å². The summed E-state index contributed by atoms with van der Waals surface area (Å²) in [5.41, 5.74) is 4.27. The monoisotopic (exact) mass is 220 g/mol. The molecule has 0 N–H and O–H groups in total. The molecule has 90 valence electrons. The Morgan fingerprint density at radius 2 is 2.00 bits per heavy atom. The van der Waals surface area contributed by atoms with Crippen LogP contribution in [0.25, 0.3) is 0 Å². The molecular formula is C15H26N+. The fourth-order valence-corrected chi connectivity index (χ4v) is 1.80. The zero-order valence-electron chi connectivity index (χ0n) is 11.7. The van der Waals surface area contributed by atoms with E-state index in [1.807, 2.05) is 20.8 Å². The van der Waals surface area contributed by atoms with E-state index in [0.29, 0.717) is 0 Å². The molecule has 0 bridgehead atoms. The van der Waals surface area contributed by atoms with Crippen LogP contribution in [0.4, 0.5) is 0 Å². The van der Waals surface area contributed by atoms with Crippen molar-refractivity contribution in [3.63, 3.8) is 0 Å². The summed E-state index contributed by atoms with van der Waals surface area (Å²) in [6.07, 6.45) is 11.0. The number of rotatable bonds is 2. The van der Waals surface area contributed by atoms with Crippen molar-refractivity contribution in [1.29, 1.82) is 0 Å². The van der Waals surface area contributed by atoms with Crippen molar-refractivity contribution >= 4 is 5.71 Å². The zero-order chi connectivity index (χ0) is 12.6. The first-order chi connectivity index (χ1) is 7.66. The minimum absolute atomic E-state index is 1.17. The van der Waals surface area contributed by atoms with E-state index in [2.05, 4.69) is 49.9 Å². The third-order valence-corrected chi connectivity index (χ3v) is 2.74. The van der Waals surface area contributed by atoms with Gasteiger partial charge in [0.25, 0.3) is 0 Å². The molecule has 0 atom stereocenters. The fraction of sp³-hybridized carbons (Fsp3) is 0.533. The van der Waals surface area contributed by atoms with Crippen molar-refractivity contribution in [2.75, 3.05) is 7.05 Å². The van der Waals surface area contributed by atoms with E-state index in [0.717, 1.165) is 0 Å². The minimum Gasteiger partial charge on any atom is -0.205 e. The molecule has 1 rings (SSSR count). The third-order valence-electron chi connectivity index (χ3n) is 2.74. The first-order valence-corrected chi connectivity index (χ1v) is 6.22. The number of nitrogens with zero attached hydrogens (tertiary/aromatic N) is 1. The van der Waals surface area contributed by atoms with Crippen molar-refractivity contribution in [3.8, 4) is 0 Å². The van der Waals surface area contributed by atoms with E-state index >= 15 is 0 Å². The molecule has 1 nitrogen and oxygen atoms in total. The lowest BCUT2D eigenvalue weighted by Gasteiger charge is -2.10. The molecule has 0 radical (unpaired) electrons. The Balaban J connectivity index is 0.00000106. The van der Waals surface area contributed by atoms with Crippen LogP contribution in [-0.2, 0) is 0 Å². The highest BCUT2D eigenvalue weighted by Gasteiger charge is 2.13. The highest BCUT2D eigenvalue weighted by Crippen LogP contribution is 2.19. The van der Waals surface area contributed by atoms with Crippen molar-refractivity contribution in [3.05, 3.63) is 35.6 Å². The third kappa shape index (κ3) is 4.18. The maximum atomic E-state index is 2.25. The van der Waals surface area contributed by atoms with Gasteiger partial charge in [-0.3, -0.25) is 0 Å². The summed E-state index contributed by atoms with van der Waals surface area (Å²) in [6.45, 7) is 10.4. The molecule has 0 amide bonds. The van der Waals surface area contributed by atoms with E-state index in [1.54, 1.807) is 0 Å². The SMILES string of the molecule is C/C=C\[N+](C)=C(C)C1=C(C)C=CCC1.CC. The van der Waals surface area contributed by atoms with E-state index in [4.69, 9.17) is 0 Å². The first kappa shape index (κ1) is 14.9. The summed E-state index contributed by atoms with van der Waals surface area (Å²) < 4.78 is 2.19. The molecule has 0 saturated carbocycles. The predicted octanol–water partition coefficient (Wildman–Crippen LogP) is 4.32. The van der Waals surface area contributed by atoms with Crippen LogP contribution in [0, 0.1) is 0 Å². The molecule has 1 heteroatoms. The van der Waals surface area contributed by atoms with E-state index in [9.17, 15) is 0 Å². The highest BCUT2D eigenvalue weighted by atomic mass is 14.9. The van der Waals surface area contributed by atoms with Crippen LogP contribution in [0.1, 0.15) is 47.5 Å². The largest absolute Gasteiger partial charge is 0.205 e. The number of allylic oxidation sites excluding steroid dienone is 5. The lowest BCUT2D eigenvalue weighted by atomic mass is 9.95. The van der Waals surface area contributed by atoms with Crippen LogP contribution in [0.2, 0.25) is 0 Å². The standard InChI is InChI=1S/C13H20N.C2H6/c1-5-10-14(4)12(3)13-9-7-6-8-11(13)2;1-2/h5-6,8,10H,7,9H2,1-4H3;1-2H3/q+1;/b10-5-,14-12?;. The van der Waals surface area contributed by atoms with E-state index in [-0.39, 0.29) is 0 Å². The van der Waals surface area contributed by atoms with Crippen LogP contribution in [0.3, 0.4) is 0 Å². The van der Waals surface area contributed by atoms with Gasteiger partial charge in [-0.15, -0.1) is 0 Å². The molecular weight excluding hydrogens is 194 g/mol. The normalized spacial score (nSPS) is 17.1. The predicted molar refractivity (Wildman–Crippen MR) is 74.1 cm³/mol. The number of hydrogen-bond acceptors (Lipinski definition) is 0. The fourth-order valence-electron chi connectivity index (χ4n) is 1.80. The van der Waals surface area contributed by atoms with Gasteiger partial charge >= 0.3 is 0 Å². The topological polar surface area (TPSA) is 3.01 Å². The average molecular weight is 220 g/mol. The van der Waals surface area contributed by atoms with Crippen LogP contribution < -0.4 is 0 Å². The molecule has 0 unspecified atom stereocenters. The molecule has 1 aliphatic rings. The zero-order valence-corrected chi connectivity index (χ0v) is 11.7. The second-order valence-electron chi connectivity index (χ2n) is 3.78. The summed E-state index contributed by atoms with van der Waals surface area (Å²) in [6, 6.07) is 0. The summed E-state index contributed by atoms with van der Waals surface area (Å²) in [7, 11) is 2.11. The second kappa shape index (κ2) is 8.09. The lowest BCUT2D eigenvalue weighted by Crippen LogP contribution is -2.13. The summed E-state index contributed by atoms with van der Waals surface area (Å²) in [4.78, 5) is 0. The Morgan fingerprint density at radius 3 is 2.50 bits per heavy atom. The number of hydrogen-bond donors (Lipinski definition) is 0. The molecule has 16 heavy (non-hydrogen) atoms. The lowest BCUT2D eigenvalue weighted by molar-refractivity contribution is -0.422. The molecule has 0 fully saturated rings. The average Bonchev–Trinajstić information content (AvgIpc) is 2.32. The molecule has 1 aliphatic carbocycles. The molecule has 0 aromatic carbocycles. The maximum Gasteiger partial charge on any atom is 0.181 e. The van der Waals surface area contributed by atoms with Crippen LogP contribution >= 0.6 is 0 Å². The summed E-state index contributed by atoms with van der Waals surface area (Å²) in [5, 5.41) is 0. The smallest absolute Gasteiger partial charge is 0.181 e. The van der Waals surface area contributed by atoms with Crippen molar-refractivity contribution in [2.45, 2.75) is 47.5 Å². The first-order valence-electron chi connectivity index (χ1n) is 6.22. The molecule has 0 saturated heterocycles. The van der Waals surface area contributed by atoms with E-state index in [1.165, 1.54) is 29.7 Å². The molecule has 0 aromatic rings. The minimum atomic E-state index is 1.17. The summed E-state index contributed by atoms with van der Waals surface area (Å²) >= 11 is 0. The van der Waals surface area contributed by atoms with Gasteiger partial charge in [0.1, 0.15) is 7.05 Å². The Morgan fingerprint density at radius 1 is 1.38 bits per heavy atom. The van der Waals surface area contributed by atoms with E-state index < -0.39 is 0 Å². The van der Waals surface area contributed by atoms with Gasteiger partial charge in [-0.25, -0.2) is 4.58 Å². The Kier molecular flexibility index (Phi) is 7.53. The van der Waals surface area contributed by atoms with Gasteiger partial charge in [0, 0.05) is 12.5 Å². The van der Waals surface area contributed by atoms with Crippen LogP contribution in [0.15, 0.2) is 35.6 Å². The molecule has 0 aliphatic heterocycles. The maximum absolute atomic E-state index is 2.25. The van der Waals surface area contributed by atoms with Gasteiger partial charge in [-0.05, 0) is 38.3 Å². The van der Waals surface area contributed by atoms with Crippen molar-refractivity contribution < 1.29 is 4.58 Å². The van der Waals surface area contributed by atoms with Crippen molar-refractivity contribution in [1.82, 2.24) is 0 Å². The van der Waals surface area contributed by atoms with Gasteiger partial charge in [0.2, 0.25) is 0 Å². The van der Waals surface area contributed by atoms with Crippen LogP contribution in [0.5, 0.6) is 0 Å². The van der Waals surface area contributed by atoms with Gasteiger partial charge in [0.05, 0.1) is 0 Å². The van der Waals surface area contributed by atoms with Gasteiger partial charge in [-0.1, -0.05) is 26.0 Å². The Labute approximate surface area is 101 Å². The Hall–Kier alpha value is -1.11. The summed E-state index contributed by atoms with van der Waals surface area (Å²) in [5.74, 6) is 0. The quantitative estimate of drug-likeness (QED) is 0.482.